The summed E-state index contributed by atoms with van der Waals surface area (Å²) in [6, 6.07) is 5.07. The number of ether oxygens (including phenoxy) is 1. The summed E-state index contributed by atoms with van der Waals surface area (Å²) in [7, 11) is 0. The van der Waals surface area contributed by atoms with E-state index in [0.717, 1.165) is 37.2 Å². The zero-order valence-electron chi connectivity index (χ0n) is 20.5. The van der Waals surface area contributed by atoms with Crippen LogP contribution in [0.15, 0.2) is 36.5 Å². The van der Waals surface area contributed by atoms with Gasteiger partial charge in [0.05, 0.1) is 24.1 Å². The van der Waals surface area contributed by atoms with Crippen molar-refractivity contribution in [3.8, 4) is 17.0 Å². The van der Waals surface area contributed by atoms with Crippen LogP contribution in [-0.4, -0.2) is 61.5 Å². The molecular weight excluding hydrogens is 512 g/mol. The molecule has 1 unspecified atom stereocenters. The predicted octanol–water partition coefficient (Wildman–Crippen LogP) is 4.71. The fourth-order valence-electron chi connectivity index (χ4n) is 4.71. The molecule has 2 aliphatic heterocycles. The molecule has 0 saturated carbocycles. The van der Waals surface area contributed by atoms with Gasteiger partial charge in [0.25, 0.3) is 0 Å². The Morgan fingerprint density at radius 2 is 1.74 bits per heavy atom. The van der Waals surface area contributed by atoms with Crippen molar-refractivity contribution < 1.29 is 31.1 Å². The van der Waals surface area contributed by atoms with Gasteiger partial charge in [-0.05, 0) is 36.8 Å². The van der Waals surface area contributed by atoms with Gasteiger partial charge in [-0.15, -0.1) is 0 Å². The first-order chi connectivity index (χ1) is 18.1. The molecule has 0 aliphatic carbocycles. The molecule has 6 nitrogen and oxygen atoms in total. The second-order valence-electron chi connectivity index (χ2n) is 9.25. The lowest BCUT2D eigenvalue weighted by molar-refractivity contribution is -0.145. The van der Waals surface area contributed by atoms with Gasteiger partial charge in [-0.25, -0.2) is 23.1 Å². The number of alkyl halides is 3. The van der Waals surface area contributed by atoms with Gasteiger partial charge in [-0.1, -0.05) is 6.07 Å². The molecule has 0 amide bonds. The highest BCUT2D eigenvalue weighted by atomic mass is 19.4. The van der Waals surface area contributed by atoms with Crippen molar-refractivity contribution in [3.63, 3.8) is 0 Å². The van der Waals surface area contributed by atoms with Crippen LogP contribution in [0.1, 0.15) is 18.3 Å². The lowest BCUT2D eigenvalue weighted by Gasteiger charge is -2.37. The first-order valence-electron chi connectivity index (χ1n) is 12.2. The Kier molecular flexibility index (Phi) is 7.08. The van der Waals surface area contributed by atoms with Crippen molar-refractivity contribution in [2.24, 2.45) is 0 Å². The Labute approximate surface area is 215 Å². The van der Waals surface area contributed by atoms with Crippen LogP contribution in [0.4, 0.5) is 37.7 Å². The molecular formula is C26H25F6N5O. The van der Waals surface area contributed by atoms with E-state index in [-0.39, 0.29) is 48.1 Å². The highest BCUT2D eigenvalue weighted by Gasteiger charge is 2.42. The summed E-state index contributed by atoms with van der Waals surface area (Å²) in [5.74, 6) is -2.39. The fourth-order valence-corrected chi connectivity index (χ4v) is 4.71. The number of piperazine rings is 1. The average Bonchev–Trinajstić information content (AvgIpc) is 2.89. The molecule has 202 valence electrons. The van der Waals surface area contributed by atoms with Crippen molar-refractivity contribution in [3.05, 3.63) is 65.4 Å². The zero-order chi connectivity index (χ0) is 27.0. The first kappa shape index (κ1) is 26.1. The number of hydrogen-bond donors (Lipinski definition) is 1. The van der Waals surface area contributed by atoms with Crippen molar-refractivity contribution in [1.29, 1.82) is 0 Å². The van der Waals surface area contributed by atoms with Crippen molar-refractivity contribution in [2.75, 3.05) is 49.1 Å². The molecule has 38 heavy (non-hydrogen) atoms. The smallest absolute Gasteiger partial charge is 0.408 e. The van der Waals surface area contributed by atoms with Crippen LogP contribution in [0.25, 0.3) is 11.3 Å². The van der Waals surface area contributed by atoms with Crippen LogP contribution in [0.5, 0.6) is 5.75 Å². The molecule has 0 bridgehead atoms. The fraction of sp³-hybridized carbons (Fsp3) is 0.385. The number of nitrogens with zero attached hydrogens (tertiary/aromatic N) is 4. The number of hydrogen-bond acceptors (Lipinski definition) is 6. The van der Waals surface area contributed by atoms with E-state index in [1.165, 1.54) is 12.1 Å². The third-order valence-corrected chi connectivity index (χ3v) is 6.75. The van der Waals surface area contributed by atoms with E-state index < -0.39 is 29.7 Å². The van der Waals surface area contributed by atoms with Crippen molar-refractivity contribution >= 4 is 11.4 Å². The zero-order valence-corrected chi connectivity index (χ0v) is 20.5. The maximum atomic E-state index is 14.9. The summed E-state index contributed by atoms with van der Waals surface area (Å²) in [6.45, 7) is 3.61. The largest absolute Gasteiger partial charge is 0.486 e. The van der Waals surface area contributed by atoms with Gasteiger partial charge in [-0.2, -0.15) is 13.2 Å². The number of rotatable bonds is 5. The van der Waals surface area contributed by atoms with Crippen LogP contribution in [0.3, 0.4) is 0 Å². The Bertz CT molecular complexity index is 1330. The lowest BCUT2D eigenvalue weighted by atomic mass is 10.1. The van der Waals surface area contributed by atoms with Gasteiger partial charge in [0.2, 0.25) is 0 Å². The summed E-state index contributed by atoms with van der Waals surface area (Å²) in [4.78, 5) is 11.1. The molecule has 3 heterocycles. The van der Waals surface area contributed by atoms with Gasteiger partial charge in [-0.3, -0.25) is 0 Å². The molecule has 0 spiro atoms. The minimum absolute atomic E-state index is 0.0625. The van der Waals surface area contributed by atoms with Crippen LogP contribution >= 0.6 is 0 Å². The van der Waals surface area contributed by atoms with E-state index in [2.05, 4.69) is 15.3 Å². The summed E-state index contributed by atoms with van der Waals surface area (Å²) in [5.41, 5.74) is 0.558. The molecule has 1 fully saturated rings. The van der Waals surface area contributed by atoms with Gasteiger partial charge in [0, 0.05) is 38.2 Å². The van der Waals surface area contributed by atoms with E-state index in [0.29, 0.717) is 24.3 Å². The second-order valence-corrected chi connectivity index (χ2v) is 9.25. The summed E-state index contributed by atoms with van der Waals surface area (Å²) in [6.07, 6.45) is -3.59. The highest BCUT2D eigenvalue weighted by Crippen LogP contribution is 2.41. The second kappa shape index (κ2) is 10.3. The minimum atomic E-state index is -4.57. The monoisotopic (exact) mass is 537 g/mol. The van der Waals surface area contributed by atoms with Crippen LogP contribution in [0, 0.1) is 17.5 Å². The van der Waals surface area contributed by atoms with E-state index in [4.69, 9.17) is 4.74 Å². The van der Waals surface area contributed by atoms with E-state index in [1.807, 2.05) is 4.90 Å². The number of nitrogens with one attached hydrogen (secondary N) is 1. The van der Waals surface area contributed by atoms with E-state index in [9.17, 15) is 26.3 Å². The molecule has 1 atom stereocenters. The standard InChI is InChI=1S/C26H25F6N5O/c1-15(26(30,31)32)37-8-9-38-25-19(28)12-17(13-22(25)37)24-20(29)14-34-23(35-24)11-16-2-3-21(18(27)10-16)36-6-4-33-5-7-36/h2-3,10,12-15,33H,4-9,11H2,1H3. The summed E-state index contributed by atoms with van der Waals surface area (Å²) < 4.78 is 90.2. The molecule has 5 rings (SSSR count). The molecule has 3 aromatic rings. The Hall–Kier alpha value is -3.54. The Morgan fingerprint density at radius 3 is 2.45 bits per heavy atom. The Morgan fingerprint density at radius 1 is 0.974 bits per heavy atom. The first-order valence-corrected chi connectivity index (χ1v) is 12.2. The summed E-state index contributed by atoms with van der Waals surface area (Å²) in [5, 5.41) is 3.21. The molecule has 1 saturated heterocycles. The number of fused-ring (bicyclic) bond motifs is 1. The molecule has 2 aromatic carbocycles. The topological polar surface area (TPSA) is 53.5 Å². The van der Waals surface area contributed by atoms with Gasteiger partial charge in [0.1, 0.15) is 30.0 Å². The molecule has 1 N–H and O–H groups in total. The van der Waals surface area contributed by atoms with Crippen molar-refractivity contribution in [2.45, 2.75) is 25.6 Å². The quantitative estimate of drug-likeness (QED) is 0.476. The SMILES string of the molecule is CC(N1CCOc2c(F)cc(-c3nc(Cc4ccc(N5CCNCC5)c(F)c4)ncc3F)cc21)C(F)(F)F. The van der Waals surface area contributed by atoms with Crippen LogP contribution in [-0.2, 0) is 6.42 Å². The van der Waals surface area contributed by atoms with Gasteiger partial charge >= 0.3 is 6.18 Å². The lowest BCUT2D eigenvalue weighted by Crippen LogP contribution is -2.47. The maximum absolute atomic E-state index is 14.9. The number of halogens is 6. The minimum Gasteiger partial charge on any atom is -0.486 e. The molecule has 0 radical (unpaired) electrons. The maximum Gasteiger partial charge on any atom is 0.408 e. The van der Waals surface area contributed by atoms with E-state index >= 15 is 0 Å². The third-order valence-electron chi connectivity index (χ3n) is 6.75. The van der Waals surface area contributed by atoms with Crippen LogP contribution in [0.2, 0.25) is 0 Å². The number of aromatic nitrogens is 2. The number of benzene rings is 2. The molecule has 12 heteroatoms. The predicted molar refractivity (Wildman–Crippen MR) is 130 cm³/mol. The highest BCUT2D eigenvalue weighted by molar-refractivity contribution is 5.72. The third kappa shape index (κ3) is 5.22. The molecule has 1 aromatic heterocycles. The normalized spacial score (nSPS) is 16.7. The van der Waals surface area contributed by atoms with Gasteiger partial charge in [0.15, 0.2) is 17.4 Å². The van der Waals surface area contributed by atoms with E-state index in [1.54, 1.807) is 12.1 Å². The van der Waals surface area contributed by atoms with Crippen LogP contribution < -0.4 is 19.9 Å². The summed E-state index contributed by atoms with van der Waals surface area (Å²) >= 11 is 0. The Balaban J connectivity index is 1.44. The molecule has 2 aliphatic rings. The van der Waals surface area contributed by atoms with Gasteiger partial charge < -0.3 is 19.9 Å². The average molecular weight is 538 g/mol. The van der Waals surface area contributed by atoms with Crippen molar-refractivity contribution in [1.82, 2.24) is 15.3 Å². The number of anilines is 2.